The summed E-state index contributed by atoms with van der Waals surface area (Å²) in [6.07, 6.45) is 3.41. The molecule has 0 unspecified atom stereocenters. The number of hydrogen-bond donors (Lipinski definition) is 2. The summed E-state index contributed by atoms with van der Waals surface area (Å²) in [6.45, 7) is 2.99. The molecule has 0 bridgehead atoms. The van der Waals surface area contributed by atoms with Crippen molar-refractivity contribution in [2.75, 3.05) is 11.9 Å². The Hall–Kier alpha value is -1.07. The summed E-state index contributed by atoms with van der Waals surface area (Å²) in [7, 11) is -3.60. The predicted molar refractivity (Wildman–Crippen MR) is 65.8 cm³/mol. The van der Waals surface area contributed by atoms with Crippen LogP contribution in [0.5, 0.6) is 0 Å². The highest BCUT2D eigenvalue weighted by molar-refractivity contribution is 7.89. The summed E-state index contributed by atoms with van der Waals surface area (Å²) in [5, 5.41) is 8.22. The van der Waals surface area contributed by atoms with Gasteiger partial charge in [0.1, 0.15) is 0 Å². The second-order valence-electron chi connectivity index (χ2n) is 3.71. The topological polar surface area (TPSA) is 72.2 Å². The Bertz CT molecular complexity index is 429. The van der Waals surface area contributed by atoms with Crippen LogP contribution in [0.4, 0.5) is 5.69 Å². The van der Waals surface area contributed by atoms with E-state index in [4.69, 9.17) is 5.14 Å². The van der Waals surface area contributed by atoms with E-state index in [2.05, 4.69) is 12.2 Å². The Labute approximate surface area is 96.9 Å². The zero-order valence-corrected chi connectivity index (χ0v) is 10.3. The molecule has 0 aliphatic rings. The van der Waals surface area contributed by atoms with Gasteiger partial charge >= 0.3 is 0 Å². The summed E-state index contributed by atoms with van der Waals surface area (Å²) in [6, 6.07) is 6.57. The van der Waals surface area contributed by atoms with Gasteiger partial charge in [-0.25, -0.2) is 13.6 Å². The fraction of sp³-hybridized carbons (Fsp3) is 0.455. The fourth-order valence-corrected chi connectivity index (χ4v) is 1.95. The van der Waals surface area contributed by atoms with E-state index in [1.165, 1.54) is 18.9 Å². The number of unbranched alkanes of at least 4 members (excludes halogenated alkanes) is 2. The average molecular weight is 242 g/mol. The minimum atomic E-state index is -3.60. The normalized spacial score (nSPS) is 11.4. The van der Waals surface area contributed by atoms with Crippen LogP contribution in [0, 0.1) is 0 Å². The molecule has 0 radical (unpaired) electrons. The quantitative estimate of drug-likeness (QED) is 0.749. The van der Waals surface area contributed by atoms with Crippen LogP contribution < -0.4 is 10.5 Å². The van der Waals surface area contributed by atoms with Gasteiger partial charge in [0.2, 0.25) is 10.0 Å². The van der Waals surface area contributed by atoms with E-state index < -0.39 is 10.0 Å². The molecular formula is C11H18N2O2S. The van der Waals surface area contributed by atoms with Gasteiger partial charge in [-0.05, 0) is 24.6 Å². The second kappa shape index (κ2) is 5.86. The first-order valence-corrected chi connectivity index (χ1v) is 6.95. The van der Waals surface area contributed by atoms with Gasteiger partial charge in [0.05, 0.1) is 4.90 Å². The highest BCUT2D eigenvalue weighted by atomic mass is 32.2. The van der Waals surface area contributed by atoms with Crippen LogP contribution in [0.1, 0.15) is 26.2 Å². The molecule has 0 heterocycles. The summed E-state index contributed by atoms with van der Waals surface area (Å²) < 4.78 is 22.2. The van der Waals surface area contributed by atoms with Crippen LogP contribution in [0.15, 0.2) is 29.2 Å². The first-order chi connectivity index (χ1) is 7.54. The van der Waals surface area contributed by atoms with Crippen molar-refractivity contribution in [2.45, 2.75) is 31.1 Å². The molecule has 1 aromatic rings. The largest absolute Gasteiger partial charge is 0.385 e. The molecule has 0 aliphatic carbocycles. The molecule has 0 atom stereocenters. The number of primary sulfonamides is 1. The number of nitrogens with two attached hydrogens (primary N) is 1. The van der Waals surface area contributed by atoms with Crippen LogP contribution in [0.25, 0.3) is 0 Å². The molecule has 0 fully saturated rings. The Morgan fingerprint density at radius 2 is 2.06 bits per heavy atom. The monoisotopic (exact) mass is 242 g/mol. The van der Waals surface area contributed by atoms with E-state index in [0.29, 0.717) is 0 Å². The Kier molecular flexibility index (Phi) is 4.76. The maximum atomic E-state index is 11.1. The van der Waals surface area contributed by atoms with E-state index in [0.717, 1.165) is 18.7 Å². The molecule has 0 amide bonds. The van der Waals surface area contributed by atoms with E-state index in [-0.39, 0.29) is 4.90 Å². The lowest BCUT2D eigenvalue weighted by Gasteiger charge is -2.07. The van der Waals surface area contributed by atoms with Crippen molar-refractivity contribution in [1.29, 1.82) is 0 Å². The Balaban J connectivity index is 2.62. The van der Waals surface area contributed by atoms with Crippen molar-refractivity contribution in [2.24, 2.45) is 5.14 Å². The number of hydrogen-bond acceptors (Lipinski definition) is 3. The van der Waals surface area contributed by atoms with E-state index in [1.807, 2.05) is 6.07 Å². The Morgan fingerprint density at radius 1 is 1.31 bits per heavy atom. The van der Waals surface area contributed by atoms with Crippen molar-refractivity contribution < 1.29 is 8.42 Å². The van der Waals surface area contributed by atoms with Gasteiger partial charge in [0.15, 0.2) is 0 Å². The van der Waals surface area contributed by atoms with Gasteiger partial charge in [0, 0.05) is 12.2 Å². The minimum absolute atomic E-state index is 0.146. The molecule has 5 heteroatoms. The predicted octanol–water partition coefficient (Wildman–Crippen LogP) is 1.94. The van der Waals surface area contributed by atoms with Crippen LogP contribution in [-0.2, 0) is 10.0 Å². The highest BCUT2D eigenvalue weighted by Crippen LogP contribution is 2.14. The summed E-state index contributed by atoms with van der Waals surface area (Å²) in [4.78, 5) is 0.146. The number of benzene rings is 1. The van der Waals surface area contributed by atoms with Gasteiger partial charge in [-0.2, -0.15) is 0 Å². The summed E-state index contributed by atoms with van der Waals surface area (Å²) >= 11 is 0. The lowest BCUT2D eigenvalue weighted by atomic mass is 10.2. The molecule has 16 heavy (non-hydrogen) atoms. The zero-order chi connectivity index (χ0) is 12.0. The fourth-order valence-electron chi connectivity index (χ4n) is 1.39. The third-order valence-corrected chi connectivity index (χ3v) is 3.18. The molecule has 1 rings (SSSR count). The number of sulfonamides is 1. The highest BCUT2D eigenvalue weighted by Gasteiger charge is 2.07. The van der Waals surface area contributed by atoms with Gasteiger partial charge in [-0.1, -0.05) is 25.8 Å². The Morgan fingerprint density at radius 3 is 2.69 bits per heavy atom. The molecule has 0 aromatic heterocycles. The number of anilines is 1. The average Bonchev–Trinajstić information content (AvgIpc) is 2.24. The van der Waals surface area contributed by atoms with Crippen LogP contribution in [-0.4, -0.2) is 15.0 Å². The van der Waals surface area contributed by atoms with Crippen LogP contribution in [0.2, 0.25) is 0 Å². The lowest BCUT2D eigenvalue weighted by molar-refractivity contribution is 0.598. The van der Waals surface area contributed by atoms with Gasteiger partial charge < -0.3 is 5.32 Å². The smallest absolute Gasteiger partial charge is 0.238 e. The molecule has 0 aliphatic heterocycles. The maximum Gasteiger partial charge on any atom is 0.238 e. The first-order valence-electron chi connectivity index (χ1n) is 5.41. The molecule has 90 valence electrons. The number of rotatable bonds is 6. The maximum absolute atomic E-state index is 11.1. The molecule has 0 saturated carbocycles. The summed E-state index contributed by atoms with van der Waals surface area (Å²) in [5.41, 5.74) is 0.794. The first kappa shape index (κ1) is 13.0. The van der Waals surface area contributed by atoms with Crippen molar-refractivity contribution in [3.05, 3.63) is 24.3 Å². The van der Waals surface area contributed by atoms with E-state index in [9.17, 15) is 8.42 Å². The van der Waals surface area contributed by atoms with Crippen molar-refractivity contribution in [3.63, 3.8) is 0 Å². The van der Waals surface area contributed by atoms with Crippen LogP contribution in [0.3, 0.4) is 0 Å². The van der Waals surface area contributed by atoms with Gasteiger partial charge in [0.25, 0.3) is 0 Å². The van der Waals surface area contributed by atoms with Crippen molar-refractivity contribution in [3.8, 4) is 0 Å². The third kappa shape index (κ3) is 4.20. The third-order valence-electron chi connectivity index (χ3n) is 2.27. The molecule has 0 spiro atoms. The van der Waals surface area contributed by atoms with E-state index >= 15 is 0 Å². The molecule has 3 N–H and O–H groups in total. The molecule has 0 saturated heterocycles. The molecular weight excluding hydrogens is 224 g/mol. The van der Waals surface area contributed by atoms with Crippen molar-refractivity contribution >= 4 is 15.7 Å². The lowest BCUT2D eigenvalue weighted by Crippen LogP contribution is -2.12. The number of nitrogens with one attached hydrogen (secondary N) is 1. The van der Waals surface area contributed by atoms with Crippen molar-refractivity contribution in [1.82, 2.24) is 0 Å². The van der Waals surface area contributed by atoms with Gasteiger partial charge in [-0.15, -0.1) is 0 Å². The minimum Gasteiger partial charge on any atom is -0.385 e. The summed E-state index contributed by atoms with van der Waals surface area (Å²) in [5.74, 6) is 0. The second-order valence-corrected chi connectivity index (χ2v) is 5.27. The van der Waals surface area contributed by atoms with E-state index in [1.54, 1.807) is 12.1 Å². The molecule has 1 aromatic carbocycles. The SMILES string of the molecule is CCCCCNc1cccc(S(N)(=O)=O)c1. The molecule has 4 nitrogen and oxygen atoms in total. The standard InChI is InChI=1S/C11H18N2O2S/c1-2-3-4-8-13-10-6-5-7-11(9-10)16(12,14)15/h5-7,9,13H,2-4,8H2,1H3,(H2,12,14,15). The zero-order valence-electron chi connectivity index (χ0n) is 9.44. The van der Waals surface area contributed by atoms with Gasteiger partial charge in [-0.3, -0.25) is 0 Å². The van der Waals surface area contributed by atoms with Crippen LogP contribution >= 0.6 is 0 Å².